The maximum absolute atomic E-state index is 5.85. The Balaban J connectivity index is 2.11. The average molecular weight is 216 g/mol. The summed E-state index contributed by atoms with van der Waals surface area (Å²) in [4.78, 5) is 0. The Morgan fingerprint density at radius 2 is 2.06 bits per heavy atom. The first-order valence-electron chi connectivity index (χ1n) is 5.88. The molecule has 0 saturated carbocycles. The number of rotatable bonds is 1. The summed E-state index contributed by atoms with van der Waals surface area (Å²) in [5.74, 6) is -0.452. The molecule has 2 nitrogen and oxygen atoms in total. The van der Waals surface area contributed by atoms with Gasteiger partial charge >= 0.3 is 0 Å². The van der Waals surface area contributed by atoms with Crippen molar-refractivity contribution in [1.29, 1.82) is 0 Å². The summed E-state index contributed by atoms with van der Waals surface area (Å²) in [6.07, 6.45) is 5.11. The summed E-state index contributed by atoms with van der Waals surface area (Å²) in [6.45, 7) is 5.23. The van der Waals surface area contributed by atoms with Gasteiger partial charge in [0.05, 0.1) is 13.2 Å². The molecule has 2 aliphatic rings. The second-order valence-corrected chi connectivity index (χ2v) is 4.42. The highest BCUT2D eigenvalue weighted by atomic mass is 16.7. The molecular weight excluding hydrogens is 200 g/mol. The lowest BCUT2D eigenvalue weighted by Gasteiger charge is -2.34. The van der Waals surface area contributed by atoms with E-state index in [2.05, 4.69) is 24.8 Å². The molecule has 2 heteroatoms. The Morgan fingerprint density at radius 3 is 2.81 bits per heavy atom. The Morgan fingerprint density at radius 1 is 1.25 bits per heavy atom. The van der Waals surface area contributed by atoms with Gasteiger partial charge in [0.25, 0.3) is 0 Å². The topological polar surface area (TPSA) is 18.5 Å². The maximum Gasteiger partial charge on any atom is 0.195 e. The van der Waals surface area contributed by atoms with Crippen molar-refractivity contribution >= 4 is 6.08 Å². The molecule has 3 rings (SSSR count). The van der Waals surface area contributed by atoms with Crippen molar-refractivity contribution in [3.8, 4) is 0 Å². The fourth-order valence-electron chi connectivity index (χ4n) is 2.69. The van der Waals surface area contributed by atoms with Gasteiger partial charge in [0.1, 0.15) is 0 Å². The predicted octanol–water partition coefficient (Wildman–Crippen LogP) is 2.87. The van der Waals surface area contributed by atoms with Gasteiger partial charge in [0.15, 0.2) is 5.79 Å². The van der Waals surface area contributed by atoms with Crippen molar-refractivity contribution in [2.24, 2.45) is 0 Å². The number of ether oxygens (including phenoxy) is 2. The molecule has 0 aromatic heterocycles. The zero-order chi connectivity index (χ0) is 11.0. The van der Waals surface area contributed by atoms with Crippen molar-refractivity contribution in [3.63, 3.8) is 0 Å². The highest BCUT2D eigenvalue weighted by Gasteiger charge is 2.41. The predicted molar refractivity (Wildman–Crippen MR) is 63.1 cm³/mol. The van der Waals surface area contributed by atoms with Crippen molar-refractivity contribution < 1.29 is 9.47 Å². The molecule has 1 saturated heterocycles. The number of fused-ring (bicyclic) bond motifs is 2. The van der Waals surface area contributed by atoms with Gasteiger partial charge in [-0.05, 0) is 30.0 Å². The van der Waals surface area contributed by atoms with Gasteiger partial charge in [-0.15, -0.1) is 0 Å². The van der Waals surface area contributed by atoms with E-state index in [4.69, 9.17) is 9.47 Å². The van der Waals surface area contributed by atoms with E-state index in [1.807, 2.05) is 6.08 Å². The fraction of sp³-hybridized carbons (Fsp3) is 0.429. The summed E-state index contributed by atoms with van der Waals surface area (Å²) in [5, 5.41) is 0. The van der Waals surface area contributed by atoms with E-state index >= 15 is 0 Å². The standard InChI is InChI=1S/C14H16O2/c1-2-11-5-6-12-4-3-7-14(13(12)10-11)15-8-9-16-14/h2,5-6,10H,1,3-4,7-9H2. The first-order valence-corrected chi connectivity index (χ1v) is 5.88. The molecule has 1 heterocycles. The highest BCUT2D eigenvalue weighted by molar-refractivity contribution is 5.51. The Kier molecular flexibility index (Phi) is 2.34. The zero-order valence-electron chi connectivity index (χ0n) is 9.37. The number of aryl methyl sites for hydroxylation is 1. The minimum Gasteiger partial charge on any atom is -0.343 e. The van der Waals surface area contributed by atoms with Crippen LogP contribution >= 0.6 is 0 Å². The summed E-state index contributed by atoms with van der Waals surface area (Å²) in [5.41, 5.74) is 3.71. The molecule has 0 amide bonds. The van der Waals surface area contributed by atoms with Crippen LogP contribution in [0.2, 0.25) is 0 Å². The molecule has 1 aromatic carbocycles. The van der Waals surface area contributed by atoms with Crippen molar-refractivity contribution in [3.05, 3.63) is 41.5 Å². The van der Waals surface area contributed by atoms with Gasteiger partial charge in [0, 0.05) is 12.0 Å². The smallest absolute Gasteiger partial charge is 0.195 e. The quantitative estimate of drug-likeness (QED) is 0.718. The zero-order valence-corrected chi connectivity index (χ0v) is 9.37. The monoisotopic (exact) mass is 216 g/mol. The van der Waals surface area contributed by atoms with Gasteiger partial charge in [-0.25, -0.2) is 0 Å². The minimum atomic E-state index is -0.452. The van der Waals surface area contributed by atoms with E-state index in [1.165, 1.54) is 11.1 Å². The molecule has 0 unspecified atom stereocenters. The van der Waals surface area contributed by atoms with Crippen LogP contribution in [0.1, 0.15) is 29.5 Å². The van der Waals surface area contributed by atoms with Crippen LogP contribution in [0, 0.1) is 0 Å². The van der Waals surface area contributed by atoms with E-state index in [-0.39, 0.29) is 0 Å². The second kappa shape index (κ2) is 3.72. The Hall–Kier alpha value is -1.12. The summed E-state index contributed by atoms with van der Waals surface area (Å²) < 4.78 is 11.7. The fourth-order valence-corrected chi connectivity index (χ4v) is 2.69. The van der Waals surface area contributed by atoms with Crippen molar-refractivity contribution in [2.45, 2.75) is 25.0 Å². The lowest BCUT2D eigenvalue weighted by Crippen LogP contribution is -2.31. The SMILES string of the molecule is C=Cc1ccc2c(c1)C1(CCC2)OCCO1. The molecule has 1 aliphatic carbocycles. The van der Waals surface area contributed by atoms with Crippen molar-refractivity contribution in [2.75, 3.05) is 13.2 Å². The van der Waals surface area contributed by atoms with Crippen LogP contribution in [0.15, 0.2) is 24.8 Å². The first-order chi connectivity index (χ1) is 7.84. The van der Waals surface area contributed by atoms with E-state index in [0.29, 0.717) is 13.2 Å². The maximum atomic E-state index is 5.85. The number of benzene rings is 1. The number of hydrogen-bond donors (Lipinski definition) is 0. The largest absolute Gasteiger partial charge is 0.343 e. The average Bonchev–Trinajstić information content (AvgIpc) is 2.79. The van der Waals surface area contributed by atoms with Gasteiger partial charge in [-0.1, -0.05) is 24.8 Å². The normalized spacial score (nSPS) is 22.0. The molecule has 0 bridgehead atoms. The van der Waals surface area contributed by atoms with Gasteiger partial charge in [-0.3, -0.25) is 0 Å². The van der Waals surface area contributed by atoms with Crippen LogP contribution in [0.3, 0.4) is 0 Å². The molecule has 0 N–H and O–H groups in total. The third-order valence-corrected chi connectivity index (χ3v) is 3.49. The van der Waals surface area contributed by atoms with Crippen LogP contribution in [-0.2, 0) is 21.7 Å². The lowest BCUT2D eigenvalue weighted by atomic mass is 9.85. The molecule has 0 radical (unpaired) electrons. The Labute approximate surface area is 95.9 Å². The molecule has 0 atom stereocenters. The third-order valence-electron chi connectivity index (χ3n) is 3.49. The molecule has 16 heavy (non-hydrogen) atoms. The molecular formula is C14H16O2. The highest BCUT2D eigenvalue weighted by Crippen LogP contribution is 2.42. The third kappa shape index (κ3) is 1.41. The second-order valence-electron chi connectivity index (χ2n) is 4.42. The lowest BCUT2D eigenvalue weighted by molar-refractivity contribution is -0.175. The molecule has 1 aliphatic heterocycles. The van der Waals surface area contributed by atoms with E-state index in [1.54, 1.807) is 0 Å². The van der Waals surface area contributed by atoms with Crippen LogP contribution in [-0.4, -0.2) is 13.2 Å². The van der Waals surface area contributed by atoms with Gasteiger partial charge in [-0.2, -0.15) is 0 Å². The molecule has 84 valence electrons. The molecule has 1 spiro atoms. The van der Waals surface area contributed by atoms with Gasteiger partial charge in [0.2, 0.25) is 0 Å². The van der Waals surface area contributed by atoms with Crippen LogP contribution < -0.4 is 0 Å². The Bertz CT molecular complexity index is 417. The summed E-state index contributed by atoms with van der Waals surface area (Å²) in [7, 11) is 0. The van der Waals surface area contributed by atoms with E-state index in [0.717, 1.165) is 24.8 Å². The van der Waals surface area contributed by atoms with Crippen LogP contribution in [0.5, 0.6) is 0 Å². The van der Waals surface area contributed by atoms with E-state index < -0.39 is 5.79 Å². The number of hydrogen-bond acceptors (Lipinski definition) is 2. The van der Waals surface area contributed by atoms with Crippen molar-refractivity contribution in [1.82, 2.24) is 0 Å². The van der Waals surface area contributed by atoms with E-state index in [9.17, 15) is 0 Å². The summed E-state index contributed by atoms with van der Waals surface area (Å²) >= 11 is 0. The first kappa shape index (κ1) is 10.1. The van der Waals surface area contributed by atoms with Gasteiger partial charge < -0.3 is 9.47 Å². The molecule has 1 fully saturated rings. The molecule has 1 aromatic rings. The van der Waals surface area contributed by atoms with Crippen LogP contribution in [0.4, 0.5) is 0 Å². The summed E-state index contributed by atoms with van der Waals surface area (Å²) in [6, 6.07) is 6.45. The minimum absolute atomic E-state index is 0.452. The van der Waals surface area contributed by atoms with Crippen LogP contribution in [0.25, 0.3) is 6.08 Å².